The highest BCUT2D eigenvalue weighted by Gasteiger charge is 2.36. The minimum atomic E-state index is -1.82. The second-order valence-corrected chi connectivity index (χ2v) is 18.4. The van der Waals surface area contributed by atoms with Crippen molar-refractivity contribution in [1.82, 2.24) is 14.8 Å². The summed E-state index contributed by atoms with van der Waals surface area (Å²) in [7, 11) is -1.82. The maximum Gasteiger partial charge on any atom is 0.191 e. The zero-order chi connectivity index (χ0) is 29.9. The molecule has 42 heavy (non-hydrogen) atoms. The molecule has 2 saturated heterocycles. The highest BCUT2D eigenvalue weighted by Crippen LogP contribution is 2.45. The monoisotopic (exact) mass is 637 g/mol. The SMILES string of the molecule is CC(C)(C)[Si](C)(C)OCCCOc1cc(Cl)c(Cl)c2[nH]c(COC3CCCCO3)c(-c3cnn(C4CCCCO4)c3)c12. The third kappa shape index (κ3) is 7.20. The zero-order valence-corrected chi connectivity index (χ0v) is 28.1. The molecular weight excluding hydrogens is 593 g/mol. The Balaban J connectivity index is 1.44. The maximum absolute atomic E-state index is 6.78. The molecule has 2 aromatic heterocycles. The topological polar surface area (TPSA) is 79.8 Å². The lowest BCUT2D eigenvalue weighted by atomic mass is 10.0. The van der Waals surface area contributed by atoms with Gasteiger partial charge in [0.05, 0.1) is 46.1 Å². The van der Waals surface area contributed by atoms with Crippen molar-refractivity contribution in [3.63, 3.8) is 0 Å². The van der Waals surface area contributed by atoms with Gasteiger partial charge in [-0.2, -0.15) is 5.10 Å². The molecule has 0 spiro atoms. The van der Waals surface area contributed by atoms with Crippen molar-refractivity contribution in [3.05, 3.63) is 34.2 Å². The number of fused-ring (bicyclic) bond motifs is 1. The van der Waals surface area contributed by atoms with E-state index in [0.717, 1.165) is 85.9 Å². The van der Waals surface area contributed by atoms with E-state index in [1.165, 1.54) is 0 Å². The van der Waals surface area contributed by atoms with Gasteiger partial charge in [-0.05, 0) is 56.7 Å². The quantitative estimate of drug-likeness (QED) is 0.167. The molecule has 11 heteroatoms. The summed E-state index contributed by atoms with van der Waals surface area (Å²) < 4.78 is 32.8. The van der Waals surface area contributed by atoms with Gasteiger partial charge < -0.3 is 28.4 Å². The number of H-pyrrole nitrogens is 1. The van der Waals surface area contributed by atoms with E-state index in [2.05, 4.69) is 38.8 Å². The van der Waals surface area contributed by atoms with Gasteiger partial charge >= 0.3 is 0 Å². The Labute approximate surface area is 260 Å². The summed E-state index contributed by atoms with van der Waals surface area (Å²) >= 11 is 13.4. The first-order valence-electron chi connectivity index (χ1n) is 15.2. The molecule has 2 aliphatic rings. The van der Waals surface area contributed by atoms with Gasteiger partial charge in [0.15, 0.2) is 14.6 Å². The molecule has 2 fully saturated rings. The van der Waals surface area contributed by atoms with E-state index in [9.17, 15) is 0 Å². The first kappa shape index (κ1) is 31.8. The summed E-state index contributed by atoms with van der Waals surface area (Å²) in [6.07, 6.45) is 10.6. The van der Waals surface area contributed by atoms with E-state index in [1.54, 1.807) is 0 Å². The van der Waals surface area contributed by atoms with Crippen molar-refractivity contribution < 1.29 is 23.4 Å². The third-order valence-corrected chi connectivity index (χ3v) is 14.0. The number of nitrogens with one attached hydrogen (secondary N) is 1. The van der Waals surface area contributed by atoms with Gasteiger partial charge in [0.25, 0.3) is 0 Å². The van der Waals surface area contributed by atoms with Crippen LogP contribution < -0.4 is 4.74 Å². The van der Waals surface area contributed by atoms with Crippen LogP contribution in [0.2, 0.25) is 28.2 Å². The van der Waals surface area contributed by atoms with Gasteiger partial charge in [-0.25, -0.2) is 4.68 Å². The lowest BCUT2D eigenvalue weighted by Gasteiger charge is -2.36. The summed E-state index contributed by atoms with van der Waals surface area (Å²) in [5, 5.41) is 6.60. The van der Waals surface area contributed by atoms with Gasteiger partial charge in [-0.3, -0.25) is 0 Å². The number of aromatic amines is 1. The minimum absolute atomic E-state index is 0.0669. The molecule has 4 heterocycles. The fraction of sp³-hybridized carbons (Fsp3) is 0.645. The Kier molecular flexibility index (Phi) is 10.3. The number of aromatic nitrogens is 3. The number of halogens is 2. The molecule has 8 nitrogen and oxygen atoms in total. The summed E-state index contributed by atoms with van der Waals surface area (Å²) in [4.78, 5) is 3.51. The van der Waals surface area contributed by atoms with Crippen LogP contribution in [0.3, 0.4) is 0 Å². The van der Waals surface area contributed by atoms with Crippen LogP contribution in [0, 0.1) is 0 Å². The van der Waals surface area contributed by atoms with E-state index >= 15 is 0 Å². The van der Waals surface area contributed by atoms with Crippen molar-refractivity contribution in [2.45, 2.75) is 103 Å². The predicted molar refractivity (Wildman–Crippen MR) is 170 cm³/mol. The highest BCUT2D eigenvalue weighted by molar-refractivity contribution is 6.74. The van der Waals surface area contributed by atoms with E-state index in [4.69, 9.17) is 51.7 Å². The number of rotatable bonds is 11. The van der Waals surface area contributed by atoms with Crippen LogP contribution >= 0.6 is 23.2 Å². The van der Waals surface area contributed by atoms with Crippen LogP contribution in [0.25, 0.3) is 22.0 Å². The van der Waals surface area contributed by atoms with Gasteiger partial charge in [0.2, 0.25) is 0 Å². The fourth-order valence-electron chi connectivity index (χ4n) is 5.23. The average Bonchev–Trinajstić information content (AvgIpc) is 3.60. The molecule has 2 aliphatic heterocycles. The molecule has 1 aromatic carbocycles. The number of benzene rings is 1. The first-order valence-corrected chi connectivity index (χ1v) is 18.9. The Bertz CT molecular complexity index is 1340. The number of nitrogens with zero attached hydrogens (tertiary/aromatic N) is 2. The molecule has 1 N–H and O–H groups in total. The molecule has 2 unspecified atom stereocenters. The molecule has 2 atom stereocenters. The van der Waals surface area contributed by atoms with Crippen molar-refractivity contribution in [3.8, 4) is 16.9 Å². The second-order valence-electron chi connectivity index (χ2n) is 12.8. The van der Waals surface area contributed by atoms with E-state index in [1.807, 2.05) is 23.1 Å². The van der Waals surface area contributed by atoms with Crippen molar-refractivity contribution in [2.24, 2.45) is 0 Å². The van der Waals surface area contributed by atoms with Gasteiger partial charge in [0, 0.05) is 49.6 Å². The smallest absolute Gasteiger partial charge is 0.191 e. The summed E-state index contributed by atoms with van der Waals surface area (Å²) in [6.45, 7) is 14.2. The summed E-state index contributed by atoms with van der Waals surface area (Å²) in [5.74, 6) is 0.666. The van der Waals surface area contributed by atoms with Gasteiger partial charge in [-0.15, -0.1) is 0 Å². The van der Waals surface area contributed by atoms with Crippen LogP contribution in [0.1, 0.15) is 77.6 Å². The zero-order valence-electron chi connectivity index (χ0n) is 25.6. The van der Waals surface area contributed by atoms with Crippen LogP contribution in [0.5, 0.6) is 5.75 Å². The normalized spacial score (nSPS) is 20.4. The predicted octanol–water partition coefficient (Wildman–Crippen LogP) is 8.87. The van der Waals surface area contributed by atoms with Crippen molar-refractivity contribution in [1.29, 1.82) is 0 Å². The van der Waals surface area contributed by atoms with E-state index < -0.39 is 8.32 Å². The third-order valence-electron chi connectivity index (χ3n) is 8.72. The number of hydrogen-bond donors (Lipinski definition) is 1. The minimum Gasteiger partial charge on any atom is -0.493 e. The summed E-state index contributed by atoms with van der Waals surface area (Å²) in [6, 6.07) is 1.81. The molecule has 0 saturated carbocycles. The second kappa shape index (κ2) is 13.6. The maximum atomic E-state index is 6.78. The molecule has 0 bridgehead atoms. The fourth-order valence-corrected chi connectivity index (χ4v) is 6.71. The molecule has 232 valence electrons. The first-order chi connectivity index (χ1) is 20.0. The molecule has 3 aromatic rings. The van der Waals surface area contributed by atoms with Crippen LogP contribution in [0.15, 0.2) is 18.5 Å². The molecule has 0 radical (unpaired) electrons. The number of hydrogen-bond acceptors (Lipinski definition) is 6. The highest BCUT2D eigenvalue weighted by atomic mass is 35.5. The van der Waals surface area contributed by atoms with Crippen LogP contribution in [0.4, 0.5) is 0 Å². The Morgan fingerprint density at radius 3 is 2.52 bits per heavy atom. The lowest BCUT2D eigenvalue weighted by Crippen LogP contribution is -2.41. The molecule has 0 aliphatic carbocycles. The Hall–Kier alpha value is -1.59. The lowest BCUT2D eigenvalue weighted by molar-refractivity contribution is -0.169. The van der Waals surface area contributed by atoms with Crippen LogP contribution in [-0.2, 0) is 25.2 Å². The van der Waals surface area contributed by atoms with Gasteiger partial charge in [0.1, 0.15) is 12.0 Å². The standard InChI is InChI=1S/C31H45Cl2N3O5Si/c1-31(2,3)42(4,5)41-16-10-15-37-24-17-22(32)29(33)30-28(24)27(23(35-30)20-40-26-12-7-9-14-39-26)21-18-34-36(19-21)25-11-6-8-13-38-25/h17-19,25-26,35H,6-16,20H2,1-5H3. The van der Waals surface area contributed by atoms with Crippen LogP contribution in [-0.4, -0.2) is 55.8 Å². The van der Waals surface area contributed by atoms with E-state index in [0.29, 0.717) is 35.6 Å². The van der Waals surface area contributed by atoms with Gasteiger partial charge in [-0.1, -0.05) is 44.0 Å². The summed E-state index contributed by atoms with van der Waals surface area (Å²) in [5.41, 5.74) is 3.46. The molecule has 5 rings (SSSR count). The molecule has 0 amide bonds. The van der Waals surface area contributed by atoms with Crippen molar-refractivity contribution >= 4 is 42.4 Å². The molecular formula is C31H45Cl2N3O5Si. The largest absolute Gasteiger partial charge is 0.493 e. The Morgan fingerprint density at radius 2 is 1.83 bits per heavy atom. The number of ether oxygens (including phenoxy) is 4. The Morgan fingerprint density at radius 1 is 1.07 bits per heavy atom. The van der Waals surface area contributed by atoms with Crippen molar-refractivity contribution in [2.75, 3.05) is 26.4 Å². The average molecular weight is 639 g/mol. The van der Waals surface area contributed by atoms with E-state index in [-0.39, 0.29) is 17.6 Å².